The van der Waals surface area contributed by atoms with Gasteiger partial charge in [0.2, 0.25) is 0 Å². The lowest BCUT2D eigenvalue weighted by molar-refractivity contribution is 0.0953. The molecule has 0 radical (unpaired) electrons. The Balaban J connectivity index is 2.22. The van der Waals surface area contributed by atoms with Crippen molar-refractivity contribution in [2.24, 2.45) is 0 Å². The number of nitrogens with one attached hydrogen (secondary N) is 1. The molecule has 4 heteroatoms. The first-order chi connectivity index (χ1) is 9.15. The molecular weight excluding hydrogens is 260 g/mol. The van der Waals surface area contributed by atoms with Crippen molar-refractivity contribution in [1.82, 2.24) is 5.32 Å². The van der Waals surface area contributed by atoms with Gasteiger partial charge in [-0.3, -0.25) is 4.79 Å². The van der Waals surface area contributed by atoms with Crippen LogP contribution >= 0.6 is 11.6 Å². The van der Waals surface area contributed by atoms with Crippen LogP contribution in [0.5, 0.6) is 0 Å². The van der Waals surface area contributed by atoms with Gasteiger partial charge in [0, 0.05) is 12.1 Å². The number of hydrogen-bond acceptors (Lipinski definition) is 2. The molecule has 0 spiro atoms. The lowest BCUT2D eigenvalue weighted by Gasteiger charge is -2.06. The molecule has 0 heterocycles. The minimum atomic E-state index is -0.0875. The molecule has 0 bridgehead atoms. The molecule has 0 atom stereocenters. The highest BCUT2D eigenvalue weighted by atomic mass is 35.5. The monoisotopic (exact) mass is 282 g/mol. The Morgan fingerprint density at radius 3 is 2.58 bits per heavy atom. The highest BCUT2D eigenvalue weighted by Gasteiger charge is 2.06. The highest BCUT2D eigenvalue weighted by Crippen LogP contribution is 2.19. The summed E-state index contributed by atoms with van der Waals surface area (Å²) in [5.74, 6) is -0.0875. The Kier molecular flexibility index (Phi) is 7.34. The van der Waals surface area contributed by atoms with Crippen LogP contribution in [0.2, 0.25) is 5.02 Å². The Morgan fingerprint density at radius 1 is 1.21 bits per heavy atom. The van der Waals surface area contributed by atoms with Gasteiger partial charge in [0.15, 0.2) is 0 Å². The van der Waals surface area contributed by atoms with Crippen molar-refractivity contribution in [2.75, 3.05) is 12.3 Å². The quantitative estimate of drug-likeness (QED) is 0.559. The Bertz CT molecular complexity index is 407. The van der Waals surface area contributed by atoms with Crippen molar-refractivity contribution in [3.63, 3.8) is 0 Å². The molecule has 3 N–H and O–H groups in total. The molecule has 0 aliphatic carbocycles. The van der Waals surface area contributed by atoms with Crippen molar-refractivity contribution in [3.8, 4) is 0 Å². The zero-order chi connectivity index (χ0) is 14.1. The van der Waals surface area contributed by atoms with E-state index in [1.807, 2.05) is 0 Å². The fourth-order valence-corrected chi connectivity index (χ4v) is 2.06. The summed E-state index contributed by atoms with van der Waals surface area (Å²) in [6.45, 7) is 2.92. The average molecular weight is 283 g/mol. The number of carbonyl (C=O) groups excluding carboxylic acids is 1. The number of amides is 1. The van der Waals surface area contributed by atoms with E-state index in [9.17, 15) is 4.79 Å². The van der Waals surface area contributed by atoms with Crippen LogP contribution in [0.4, 0.5) is 5.69 Å². The van der Waals surface area contributed by atoms with Gasteiger partial charge in [0.25, 0.3) is 5.91 Å². The third kappa shape index (κ3) is 5.97. The summed E-state index contributed by atoms with van der Waals surface area (Å²) < 4.78 is 0. The predicted octanol–water partition coefficient (Wildman–Crippen LogP) is 4.01. The number of anilines is 1. The molecule has 0 fully saturated rings. The molecule has 19 heavy (non-hydrogen) atoms. The van der Waals surface area contributed by atoms with E-state index in [4.69, 9.17) is 17.3 Å². The van der Waals surface area contributed by atoms with Crippen LogP contribution in [0.3, 0.4) is 0 Å². The second-order valence-electron chi connectivity index (χ2n) is 4.76. The van der Waals surface area contributed by atoms with E-state index in [-0.39, 0.29) is 5.91 Å². The van der Waals surface area contributed by atoms with Gasteiger partial charge in [0.1, 0.15) is 0 Å². The summed E-state index contributed by atoms with van der Waals surface area (Å²) in [5, 5.41) is 3.32. The summed E-state index contributed by atoms with van der Waals surface area (Å²) in [6.07, 6.45) is 7.29. The van der Waals surface area contributed by atoms with Gasteiger partial charge < -0.3 is 11.1 Å². The van der Waals surface area contributed by atoms with Crippen LogP contribution in [-0.4, -0.2) is 12.5 Å². The summed E-state index contributed by atoms with van der Waals surface area (Å²) >= 11 is 5.89. The molecular formula is C15H23ClN2O. The average Bonchev–Trinajstić information content (AvgIpc) is 2.40. The molecule has 0 aliphatic rings. The first-order valence-electron chi connectivity index (χ1n) is 6.98. The van der Waals surface area contributed by atoms with Gasteiger partial charge >= 0.3 is 0 Å². The first-order valence-corrected chi connectivity index (χ1v) is 7.36. The minimum Gasteiger partial charge on any atom is -0.398 e. The zero-order valence-electron chi connectivity index (χ0n) is 11.5. The molecule has 106 valence electrons. The first kappa shape index (κ1) is 15.8. The number of unbranched alkanes of at least 4 members (excludes halogenated alkanes) is 5. The van der Waals surface area contributed by atoms with Crippen molar-refractivity contribution < 1.29 is 4.79 Å². The molecule has 1 aromatic carbocycles. The maximum absolute atomic E-state index is 11.8. The van der Waals surface area contributed by atoms with Crippen LogP contribution in [-0.2, 0) is 0 Å². The van der Waals surface area contributed by atoms with Crippen molar-refractivity contribution in [3.05, 3.63) is 28.8 Å². The lowest BCUT2D eigenvalue weighted by atomic mass is 10.1. The molecule has 0 saturated carbocycles. The van der Waals surface area contributed by atoms with Crippen molar-refractivity contribution in [1.29, 1.82) is 0 Å². The third-order valence-electron chi connectivity index (χ3n) is 3.08. The number of halogens is 1. The Hall–Kier alpha value is -1.22. The summed E-state index contributed by atoms with van der Waals surface area (Å²) in [4.78, 5) is 11.8. The van der Waals surface area contributed by atoms with Gasteiger partial charge in [0.05, 0.1) is 10.7 Å². The molecule has 0 unspecified atom stereocenters. The second-order valence-corrected chi connectivity index (χ2v) is 5.17. The molecule has 1 rings (SSSR count). The van der Waals surface area contributed by atoms with Crippen LogP contribution in [0.1, 0.15) is 55.8 Å². The highest BCUT2D eigenvalue weighted by molar-refractivity contribution is 6.33. The number of nitrogen functional groups attached to an aromatic ring is 1. The molecule has 1 aromatic rings. The van der Waals surface area contributed by atoms with Gasteiger partial charge in [-0.25, -0.2) is 0 Å². The third-order valence-corrected chi connectivity index (χ3v) is 3.41. The normalized spacial score (nSPS) is 10.4. The van der Waals surface area contributed by atoms with Gasteiger partial charge in [-0.2, -0.15) is 0 Å². The van der Waals surface area contributed by atoms with E-state index in [1.54, 1.807) is 18.2 Å². The summed E-state index contributed by atoms with van der Waals surface area (Å²) in [7, 11) is 0. The van der Waals surface area contributed by atoms with Crippen molar-refractivity contribution in [2.45, 2.75) is 45.4 Å². The van der Waals surface area contributed by atoms with Crippen LogP contribution in [0.15, 0.2) is 18.2 Å². The number of nitrogens with two attached hydrogens (primary N) is 1. The molecule has 0 aromatic heterocycles. The molecule has 0 saturated heterocycles. The Morgan fingerprint density at radius 2 is 1.89 bits per heavy atom. The van der Waals surface area contributed by atoms with Crippen LogP contribution in [0, 0.1) is 0 Å². The lowest BCUT2D eigenvalue weighted by Crippen LogP contribution is -2.24. The maximum Gasteiger partial charge on any atom is 0.251 e. The number of benzene rings is 1. The van der Waals surface area contributed by atoms with Crippen molar-refractivity contribution >= 4 is 23.2 Å². The fraction of sp³-hybridized carbons (Fsp3) is 0.533. The van der Waals surface area contributed by atoms with E-state index in [0.717, 1.165) is 6.42 Å². The summed E-state index contributed by atoms with van der Waals surface area (Å²) in [5.41, 5.74) is 6.66. The minimum absolute atomic E-state index is 0.0875. The van der Waals surface area contributed by atoms with Crippen LogP contribution in [0.25, 0.3) is 0 Å². The van der Waals surface area contributed by atoms with Gasteiger partial charge in [-0.1, -0.05) is 50.6 Å². The predicted molar refractivity (Wildman–Crippen MR) is 81.6 cm³/mol. The SMILES string of the molecule is CCCCCCCCNC(=O)c1ccc(N)c(Cl)c1. The molecule has 3 nitrogen and oxygen atoms in total. The smallest absolute Gasteiger partial charge is 0.251 e. The van der Waals surface area contributed by atoms with E-state index in [1.165, 1.54) is 32.1 Å². The zero-order valence-corrected chi connectivity index (χ0v) is 12.3. The largest absolute Gasteiger partial charge is 0.398 e. The van der Waals surface area contributed by atoms with E-state index in [0.29, 0.717) is 22.8 Å². The van der Waals surface area contributed by atoms with E-state index < -0.39 is 0 Å². The van der Waals surface area contributed by atoms with Gasteiger partial charge in [-0.05, 0) is 24.6 Å². The topological polar surface area (TPSA) is 55.1 Å². The number of hydrogen-bond donors (Lipinski definition) is 2. The second kappa shape index (κ2) is 8.81. The van der Waals surface area contributed by atoms with Gasteiger partial charge in [-0.15, -0.1) is 0 Å². The Labute approximate surface area is 120 Å². The maximum atomic E-state index is 11.8. The number of rotatable bonds is 8. The van der Waals surface area contributed by atoms with E-state index >= 15 is 0 Å². The molecule has 0 aliphatic heterocycles. The molecule has 1 amide bonds. The fourth-order valence-electron chi connectivity index (χ4n) is 1.88. The number of carbonyl (C=O) groups is 1. The standard InChI is InChI=1S/C15H23ClN2O/c1-2-3-4-5-6-7-10-18-15(19)12-8-9-14(17)13(16)11-12/h8-9,11H,2-7,10,17H2,1H3,(H,18,19). The summed E-state index contributed by atoms with van der Waals surface area (Å²) in [6, 6.07) is 4.95. The van der Waals surface area contributed by atoms with Crippen LogP contribution < -0.4 is 11.1 Å². The van der Waals surface area contributed by atoms with E-state index in [2.05, 4.69) is 12.2 Å².